The summed E-state index contributed by atoms with van der Waals surface area (Å²) in [7, 11) is 1.15. The van der Waals surface area contributed by atoms with Crippen molar-refractivity contribution >= 4 is 0 Å². The number of alkyl halides is 3. The Hall–Kier alpha value is -1.53. The van der Waals surface area contributed by atoms with Gasteiger partial charge in [0.1, 0.15) is 0 Å². The lowest BCUT2D eigenvalue weighted by Crippen LogP contribution is -2.17. The highest BCUT2D eigenvalue weighted by molar-refractivity contribution is 5.24. The van der Waals surface area contributed by atoms with Crippen LogP contribution in [0.3, 0.4) is 0 Å². The van der Waals surface area contributed by atoms with Crippen molar-refractivity contribution in [3.05, 3.63) is 18.1 Å². The van der Waals surface area contributed by atoms with Crippen LogP contribution < -0.4 is 9.47 Å². The summed E-state index contributed by atoms with van der Waals surface area (Å²) in [6.07, 6.45) is -4.14. The van der Waals surface area contributed by atoms with E-state index in [9.17, 15) is 17.6 Å². The molecule has 14 heavy (non-hydrogen) atoms. The molecule has 0 aromatic carbocycles. The van der Waals surface area contributed by atoms with Crippen molar-refractivity contribution in [1.82, 2.24) is 4.98 Å². The summed E-state index contributed by atoms with van der Waals surface area (Å²) in [4.78, 5) is 3.26. The average molecular weight is 211 g/mol. The maximum absolute atomic E-state index is 12.8. The Bertz CT molecular complexity index is 326. The number of aromatic nitrogens is 1. The smallest absolute Gasteiger partial charge is 0.479 e. The Labute approximate surface area is 76.3 Å². The minimum Gasteiger partial charge on any atom is -0.479 e. The van der Waals surface area contributed by atoms with Crippen molar-refractivity contribution in [3.8, 4) is 11.6 Å². The molecule has 0 atom stereocenters. The summed E-state index contributed by atoms with van der Waals surface area (Å²) in [5.74, 6) is -2.13. The fraction of sp³-hybridized carbons (Fsp3) is 0.286. The highest BCUT2D eigenvalue weighted by Crippen LogP contribution is 2.24. The number of nitrogens with zero attached hydrogens (tertiary/aromatic N) is 1. The van der Waals surface area contributed by atoms with Crippen molar-refractivity contribution in [2.45, 2.75) is 6.36 Å². The summed E-state index contributed by atoms with van der Waals surface area (Å²) in [5, 5.41) is 0. The maximum atomic E-state index is 12.8. The van der Waals surface area contributed by atoms with Crippen LogP contribution in [0, 0.1) is 5.82 Å². The molecule has 1 aromatic heterocycles. The van der Waals surface area contributed by atoms with Crippen LogP contribution in [-0.2, 0) is 0 Å². The molecule has 3 nitrogen and oxygen atoms in total. The third kappa shape index (κ3) is 2.75. The second-order valence-corrected chi connectivity index (χ2v) is 2.21. The Balaban J connectivity index is 2.87. The molecule has 78 valence electrons. The first-order valence-corrected chi connectivity index (χ1v) is 3.37. The first kappa shape index (κ1) is 10.6. The van der Waals surface area contributed by atoms with Crippen LogP contribution >= 0.6 is 0 Å². The zero-order chi connectivity index (χ0) is 10.8. The van der Waals surface area contributed by atoms with E-state index in [0.717, 1.165) is 13.3 Å². The molecule has 0 bridgehead atoms. The molecular formula is C7H5F4NO2. The minimum absolute atomic E-state index is 0.389. The quantitative estimate of drug-likeness (QED) is 0.702. The topological polar surface area (TPSA) is 31.4 Å². The number of hydrogen-bond acceptors (Lipinski definition) is 3. The monoisotopic (exact) mass is 211 g/mol. The number of rotatable bonds is 2. The molecule has 0 saturated carbocycles. The summed E-state index contributed by atoms with van der Waals surface area (Å²) >= 11 is 0. The Morgan fingerprint density at radius 2 is 2.00 bits per heavy atom. The van der Waals surface area contributed by atoms with Crippen molar-refractivity contribution in [2.24, 2.45) is 0 Å². The molecule has 0 unspecified atom stereocenters. The van der Waals surface area contributed by atoms with Crippen molar-refractivity contribution in [3.63, 3.8) is 0 Å². The summed E-state index contributed by atoms with van der Waals surface area (Å²) < 4.78 is 55.6. The molecule has 1 heterocycles. The lowest BCUT2D eigenvalue weighted by molar-refractivity contribution is -0.274. The molecule has 0 saturated heterocycles. The molecule has 0 aliphatic heterocycles. The van der Waals surface area contributed by atoms with Gasteiger partial charge in [-0.05, 0) is 0 Å². The predicted molar refractivity (Wildman–Crippen MR) is 37.4 cm³/mol. The molecule has 0 N–H and O–H groups in total. The first-order valence-electron chi connectivity index (χ1n) is 3.37. The van der Waals surface area contributed by atoms with Crippen LogP contribution in [-0.4, -0.2) is 18.5 Å². The number of pyridine rings is 1. The molecule has 7 heteroatoms. The van der Waals surface area contributed by atoms with E-state index in [2.05, 4.69) is 14.5 Å². The Morgan fingerprint density at radius 1 is 1.36 bits per heavy atom. The van der Waals surface area contributed by atoms with Gasteiger partial charge >= 0.3 is 6.36 Å². The Morgan fingerprint density at radius 3 is 2.43 bits per heavy atom. The largest absolute Gasteiger partial charge is 0.573 e. The van der Waals surface area contributed by atoms with Crippen molar-refractivity contribution in [1.29, 1.82) is 0 Å². The van der Waals surface area contributed by atoms with E-state index in [4.69, 9.17) is 0 Å². The second kappa shape index (κ2) is 3.69. The summed E-state index contributed by atoms with van der Waals surface area (Å²) in [6, 6.07) is 0.541. The van der Waals surface area contributed by atoms with Gasteiger partial charge in [0.05, 0.1) is 13.3 Å². The fourth-order valence-electron chi connectivity index (χ4n) is 0.747. The van der Waals surface area contributed by atoms with Crippen molar-refractivity contribution < 1.29 is 27.0 Å². The molecule has 0 radical (unpaired) electrons. The van der Waals surface area contributed by atoms with Gasteiger partial charge in [-0.2, -0.15) is 0 Å². The van der Waals surface area contributed by atoms with E-state index < -0.39 is 17.9 Å². The summed E-state index contributed by atoms with van der Waals surface area (Å²) in [5.41, 5.74) is 0. The van der Waals surface area contributed by atoms with E-state index >= 15 is 0 Å². The van der Waals surface area contributed by atoms with E-state index in [1.54, 1.807) is 0 Å². The minimum atomic E-state index is -4.86. The number of methoxy groups -OCH3 is 1. The van der Waals surface area contributed by atoms with Crippen LogP contribution in [0.15, 0.2) is 12.3 Å². The van der Waals surface area contributed by atoms with Gasteiger partial charge in [-0.1, -0.05) is 0 Å². The van der Waals surface area contributed by atoms with Crippen LogP contribution in [0.2, 0.25) is 0 Å². The molecule has 0 amide bonds. The number of hydrogen-bond donors (Lipinski definition) is 0. The predicted octanol–water partition coefficient (Wildman–Crippen LogP) is 2.13. The van der Waals surface area contributed by atoms with Gasteiger partial charge in [-0.25, -0.2) is 9.37 Å². The average Bonchev–Trinajstić information content (AvgIpc) is 2.01. The SMILES string of the molecule is COc1ncc(OC(F)(F)F)cc1F. The molecule has 1 rings (SSSR count). The van der Waals surface area contributed by atoms with Crippen LogP contribution in [0.5, 0.6) is 11.6 Å². The lowest BCUT2D eigenvalue weighted by Gasteiger charge is -2.08. The zero-order valence-electron chi connectivity index (χ0n) is 6.93. The van der Waals surface area contributed by atoms with E-state index in [1.165, 1.54) is 0 Å². The van der Waals surface area contributed by atoms with Gasteiger partial charge in [0, 0.05) is 6.07 Å². The fourth-order valence-corrected chi connectivity index (χ4v) is 0.747. The maximum Gasteiger partial charge on any atom is 0.573 e. The molecule has 0 fully saturated rings. The van der Waals surface area contributed by atoms with E-state index in [-0.39, 0.29) is 5.88 Å². The normalized spacial score (nSPS) is 11.2. The number of ether oxygens (including phenoxy) is 2. The van der Waals surface area contributed by atoms with Gasteiger partial charge < -0.3 is 9.47 Å². The second-order valence-electron chi connectivity index (χ2n) is 2.21. The standard InChI is InChI=1S/C7H5F4NO2/c1-13-6-5(8)2-4(3-12-6)14-7(9,10)11/h2-3H,1H3. The van der Waals surface area contributed by atoms with Gasteiger partial charge in [-0.15, -0.1) is 13.2 Å². The van der Waals surface area contributed by atoms with Crippen LogP contribution in [0.1, 0.15) is 0 Å². The van der Waals surface area contributed by atoms with Crippen LogP contribution in [0.25, 0.3) is 0 Å². The third-order valence-electron chi connectivity index (χ3n) is 1.21. The van der Waals surface area contributed by atoms with Gasteiger partial charge in [-0.3, -0.25) is 0 Å². The molecular weight excluding hydrogens is 206 g/mol. The first-order chi connectivity index (χ1) is 6.42. The molecule has 1 aromatic rings. The van der Waals surface area contributed by atoms with Gasteiger partial charge in [0.15, 0.2) is 11.6 Å². The number of halogens is 4. The van der Waals surface area contributed by atoms with Crippen LogP contribution in [0.4, 0.5) is 17.6 Å². The van der Waals surface area contributed by atoms with Crippen molar-refractivity contribution in [2.75, 3.05) is 7.11 Å². The Kier molecular flexibility index (Phi) is 2.78. The zero-order valence-corrected chi connectivity index (χ0v) is 6.93. The molecule has 0 aliphatic carbocycles. The van der Waals surface area contributed by atoms with E-state index in [1.807, 2.05) is 0 Å². The van der Waals surface area contributed by atoms with Gasteiger partial charge in [0.25, 0.3) is 0 Å². The highest BCUT2D eigenvalue weighted by atomic mass is 19.4. The van der Waals surface area contributed by atoms with E-state index in [0.29, 0.717) is 6.07 Å². The molecule has 0 aliphatic rings. The molecule has 0 spiro atoms. The van der Waals surface area contributed by atoms with Gasteiger partial charge in [0.2, 0.25) is 5.88 Å². The lowest BCUT2D eigenvalue weighted by atomic mass is 10.4. The third-order valence-corrected chi connectivity index (χ3v) is 1.21. The summed E-state index contributed by atoms with van der Waals surface area (Å²) in [6.45, 7) is 0. The highest BCUT2D eigenvalue weighted by Gasteiger charge is 2.31.